The second-order valence-electron chi connectivity index (χ2n) is 11.1. The molecule has 2 atom stereocenters. The molecule has 0 aromatic heterocycles. The lowest BCUT2D eigenvalue weighted by atomic mass is 9.72. The summed E-state index contributed by atoms with van der Waals surface area (Å²) in [5.74, 6) is -0.336. The number of benzene rings is 3. The van der Waals surface area contributed by atoms with Crippen LogP contribution >= 0.6 is 0 Å². The molecule has 4 rings (SSSR count). The first-order valence-corrected chi connectivity index (χ1v) is 14.4. The number of likely N-dealkylation sites (tertiary alicyclic amines) is 1. The number of hydrogen-bond donors (Lipinski definition) is 3. The van der Waals surface area contributed by atoms with Gasteiger partial charge in [-0.2, -0.15) is 0 Å². The average Bonchev–Trinajstić information content (AvgIpc) is 3.01. The van der Waals surface area contributed by atoms with Gasteiger partial charge in [-0.25, -0.2) is 0 Å². The van der Waals surface area contributed by atoms with E-state index in [1.54, 1.807) is 26.0 Å². The molecule has 2 unspecified atom stereocenters. The molecule has 1 heterocycles. The van der Waals surface area contributed by atoms with E-state index in [0.29, 0.717) is 12.0 Å². The number of aliphatic hydroxyl groups is 3. The average molecular weight is 546 g/mol. The van der Waals surface area contributed by atoms with E-state index in [1.807, 2.05) is 72.8 Å². The van der Waals surface area contributed by atoms with E-state index in [2.05, 4.69) is 4.90 Å². The fourth-order valence-electron chi connectivity index (χ4n) is 5.91. The van der Waals surface area contributed by atoms with Gasteiger partial charge in [0.25, 0.3) is 0 Å². The second-order valence-corrected chi connectivity index (χ2v) is 11.1. The zero-order chi connectivity index (χ0) is 28.6. The normalized spacial score (nSPS) is 17.2. The highest BCUT2D eigenvalue weighted by molar-refractivity contribution is 5.83. The third-order valence-corrected chi connectivity index (χ3v) is 8.53. The van der Waals surface area contributed by atoms with Gasteiger partial charge in [0.2, 0.25) is 0 Å². The maximum atomic E-state index is 12.4. The minimum Gasteiger partial charge on any atom is -0.465 e. The zero-order valence-corrected chi connectivity index (χ0v) is 23.7. The van der Waals surface area contributed by atoms with Gasteiger partial charge in [0.1, 0.15) is 11.0 Å². The molecule has 0 aliphatic carbocycles. The summed E-state index contributed by atoms with van der Waals surface area (Å²) in [5, 5.41) is 32.8. The van der Waals surface area contributed by atoms with E-state index in [1.165, 1.54) is 0 Å². The summed E-state index contributed by atoms with van der Waals surface area (Å²) in [6.45, 7) is 6.02. The standard InChI is InChI=1S/C34H43NO5/c1-3-40-32(38)33(2,25-36)27-18-16-26(17-19-27)31(37)15-10-22-35-23-20-30(21-24-35)34(39,28-11-6-4-7-12-28)29-13-8-5-9-14-29/h4-9,11-14,16-19,30-31,36-37,39H,3,10,15,20-25H2,1-2H3. The molecule has 6 heteroatoms. The number of aliphatic hydroxyl groups excluding tert-OH is 2. The van der Waals surface area contributed by atoms with Crippen molar-refractivity contribution < 1.29 is 24.9 Å². The van der Waals surface area contributed by atoms with Crippen molar-refractivity contribution in [3.05, 3.63) is 107 Å². The van der Waals surface area contributed by atoms with Crippen molar-refractivity contribution in [2.24, 2.45) is 5.92 Å². The lowest BCUT2D eigenvalue weighted by molar-refractivity contribution is -0.151. The summed E-state index contributed by atoms with van der Waals surface area (Å²) in [6.07, 6.45) is 2.68. The van der Waals surface area contributed by atoms with Crippen LogP contribution in [0.5, 0.6) is 0 Å². The lowest BCUT2D eigenvalue weighted by Gasteiger charge is -2.42. The van der Waals surface area contributed by atoms with Crippen molar-refractivity contribution in [1.29, 1.82) is 0 Å². The van der Waals surface area contributed by atoms with Crippen LogP contribution in [-0.4, -0.2) is 59.0 Å². The highest BCUT2D eigenvalue weighted by Crippen LogP contribution is 2.42. The zero-order valence-electron chi connectivity index (χ0n) is 23.7. The number of carbonyl (C=O) groups is 1. The summed E-state index contributed by atoms with van der Waals surface area (Å²) < 4.78 is 5.14. The Hall–Kier alpha value is -3.03. The molecule has 0 radical (unpaired) electrons. The molecule has 0 spiro atoms. The number of esters is 1. The number of ether oxygens (including phenoxy) is 1. The first-order valence-electron chi connectivity index (χ1n) is 14.4. The summed E-state index contributed by atoms with van der Waals surface area (Å²) in [5.41, 5.74) is 1.20. The molecule has 214 valence electrons. The summed E-state index contributed by atoms with van der Waals surface area (Å²) in [7, 11) is 0. The van der Waals surface area contributed by atoms with Crippen molar-refractivity contribution in [1.82, 2.24) is 4.90 Å². The van der Waals surface area contributed by atoms with Crippen LogP contribution in [0.15, 0.2) is 84.9 Å². The van der Waals surface area contributed by atoms with Gasteiger partial charge >= 0.3 is 5.97 Å². The van der Waals surface area contributed by atoms with Gasteiger partial charge in [-0.3, -0.25) is 4.79 Å². The van der Waals surface area contributed by atoms with E-state index in [9.17, 15) is 20.1 Å². The van der Waals surface area contributed by atoms with E-state index in [4.69, 9.17) is 4.74 Å². The number of hydrogen-bond acceptors (Lipinski definition) is 6. The van der Waals surface area contributed by atoms with Crippen LogP contribution in [0.25, 0.3) is 0 Å². The van der Waals surface area contributed by atoms with Crippen LogP contribution in [0, 0.1) is 5.92 Å². The van der Waals surface area contributed by atoms with E-state index in [0.717, 1.165) is 55.6 Å². The molecular formula is C34H43NO5. The van der Waals surface area contributed by atoms with E-state index >= 15 is 0 Å². The number of piperidine rings is 1. The van der Waals surface area contributed by atoms with Crippen molar-refractivity contribution >= 4 is 5.97 Å². The van der Waals surface area contributed by atoms with Gasteiger partial charge in [-0.1, -0.05) is 84.9 Å². The minimum absolute atomic E-state index is 0.122. The molecule has 3 N–H and O–H groups in total. The number of nitrogens with zero attached hydrogens (tertiary/aromatic N) is 1. The quantitative estimate of drug-likeness (QED) is 0.279. The Kier molecular flexibility index (Phi) is 10.1. The first kappa shape index (κ1) is 29.9. The fraction of sp³-hybridized carbons (Fsp3) is 0.441. The maximum Gasteiger partial charge on any atom is 0.318 e. The maximum absolute atomic E-state index is 12.4. The third kappa shape index (κ3) is 6.47. The molecule has 1 saturated heterocycles. The predicted octanol–water partition coefficient (Wildman–Crippen LogP) is 4.96. The van der Waals surface area contributed by atoms with Crippen LogP contribution in [0.1, 0.15) is 67.9 Å². The molecule has 6 nitrogen and oxygen atoms in total. The first-order chi connectivity index (χ1) is 19.3. The second kappa shape index (κ2) is 13.6. The van der Waals surface area contributed by atoms with Crippen LogP contribution in [0.3, 0.4) is 0 Å². The minimum atomic E-state index is -1.13. The number of carbonyl (C=O) groups excluding carboxylic acids is 1. The van der Waals surface area contributed by atoms with Crippen LogP contribution in [0.4, 0.5) is 0 Å². The van der Waals surface area contributed by atoms with Crippen LogP contribution in [0.2, 0.25) is 0 Å². The summed E-state index contributed by atoms with van der Waals surface area (Å²) in [4.78, 5) is 14.8. The molecule has 40 heavy (non-hydrogen) atoms. The Balaban J connectivity index is 1.31. The molecule has 3 aromatic carbocycles. The van der Waals surface area contributed by atoms with Crippen molar-refractivity contribution in [2.75, 3.05) is 32.8 Å². The van der Waals surface area contributed by atoms with Crippen LogP contribution < -0.4 is 0 Å². The lowest BCUT2D eigenvalue weighted by Crippen LogP contribution is -2.44. The van der Waals surface area contributed by atoms with Gasteiger partial charge < -0.3 is 25.0 Å². The van der Waals surface area contributed by atoms with Crippen LogP contribution in [-0.2, 0) is 20.5 Å². The molecule has 1 aliphatic rings. The molecule has 1 aliphatic heterocycles. The third-order valence-electron chi connectivity index (χ3n) is 8.53. The Morgan fingerprint density at radius 3 is 1.98 bits per heavy atom. The predicted molar refractivity (Wildman–Crippen MR) is 157 cm³/mol. The largest absolute Gasteiger partial charge is 0.465 e. The highest BCUT2D eigenvalue weighted by Gasteiger charge is 2.41. The van der Waals surface area contributed by atoms with E-state index in [-0.39, 0.29) is 19.1 Å². The smallest absolute Gasteiger partial charge is 0.318 e. The molecule has 0 saturated carbocycles. The van der Waals surface area contributed by atoms with Gasteiger partial charge in [0.05, 0.1) is 19.3 Å². The van der Waals surface area contributed by atoms with Gasteiger partial charge in [-0.05, 0) is 87.3 Å². The molecular weight excluding hydrogens is 502 g/mol. The molecule has 0 amide bonds. The highest BCUT2D eigenvalue weighted by atomic mass is 16.5. The van der Waals surface area contributed by atoms with Crippen molar-refractivity contribution in [2.45, 2.75) is 56.7 Å². The number of rotatable bonds is 12. The summed E-state index contributed by atoms with van der Waals surface area (Å²) in [6, 6.07) is 27.2. The molecule has 3 aromatic rings. The Bertz CT molecular complexity index is 1150. The van der Waals surface area contributed by atoms with Crippen molar-refractivity contribution in [3.63, 3.8) is 0 Å². The monoisotopic (exact) mass is 545 g/mol. The summed E-state index contributed by atoms with van der Waals surface area (Å²) >= 11 is 0. The fourth-order valence-corrected chi connectivity index (χ4v) is 5.91. The van der Waals surface area contributed by atoms with Gasteiger partial charge in [0.15, 0.2) is 0 Å². The molecule has 1 fully saturated rings. The van der Waals surface area contributed by atoms with Crippen molar-refractivity contribution in [3.8, 4) is 0 Å². The Morgan fingerprint density at radius 1 is 0.925 bits per heavy atom. The molecule has 0 bridgehead atoms. The Labute approximate surface area is 238 Å². The van der Waals surface area contributed by atoms with Gasteiger partial charge in [-0.15, -0.1) is 0 Å². The Morgan fingerprint density at radius 2 is 1.48 bits per heavy atom. The topological polar surface area (TPSA) is 90.2 Å². The van der Waals surface area contributed by atoms with E-state index < -0.39 is 23.1 Å². The van der Waals surface area contributed by atoms with Gasteiger partial charge in [0, 0.05) is 0 Å². The SMILES string of the molecule is CCOC(=O)C(C)(CO)c1ccc(C(O)CCCN2CCC(C(O)(c3ccccc3)c3ccccc3)CC2)cc1.